The Balaban J connectivity index is 1.65. The Kier molecular flexibility index (Phi) is 8.50. The second-order valence-electron chi connectivity index (χ2n) is 5.93. The second-order valence-corrected chi connectivity index (χ2v) is 7.58. The van der Waals surface area contributed by atoms with Crippen molar-refractivity contribution in [2.24, 2.45) is 0 Å². The third-order valence-corrected chi connectivity index (χ3v) is 4.77. The highest BCUT2D eigenvalue weighted by atomic mass is 32.2. The number of nitrogens with one attached hydrogen (secondary N) is 2. The molecule has 0 saturated heterocycles. The average Bonchev–Trinajstić information content (AvgIpc) is 2.71. The van der Waals surface area contributed by atoms with E-state index in [2.05, 4.69) is 10.0 Å². The topological polar surface area (TPSA) is 102 Å². The average molecular weight is 420 g/mol. The summed E-state index contributed by atoms with van der Waals surface area (Å²) in [5.41, 5.74) is 1.03. The van der Waals surface area contributed by atoms with Gasteiger partial charge in [-0.2, -0.15) is 0 Å². The summed E-state index contributed by atoms with van der Waals surface area (Å²) in [4.78, 5) is 23.3. The predicted octanol–water partition coefficient (Wildman–Crippen LogP) is 1.97. The van der Waals surface area contributed by atoms with Crippen LogP contribution in [0.4, 0.5) is 4.39 Å². The molecular formula is C20H21FN2O5S. The molecule has 2 N–H and O–H groups in total. The molecule has 2 aromatic rings. The van der Waals surface area contributed by atoms with Gasteiger partial charge in [-0.25, -0.2) is 17.5 Å². The quantitative estimate of drug-likeness (QED) is 0.572. The molecule has 0 aromatic heterocycles. The molecule has 154 valence electrons. The predicted molar refractivity (Wildman–Crippen MR) is 106 cm³/mol. The zero-order chi connectivity index (χ0) is 21.1. The van der Waals surface area contributed by atoms with Crippen molar-refractivity contribution >= 4 is 28.0 Å². The fourth-order valence-electron chi connectivity index (χ4n) is 2.18. The lowest BCUT2D eigenvalue weighted by molar-refractivity contribution is -0.148. The monoisotopic (exact) mass is 420 g/mol. The second kappa shape index (κ2) is 11.1. The molecule has 1 amide bonds. The van der Waals surface area contributed by atoms with Gasteiger partial charge in [0.15, 0.2) is 6.61 Å². The lowest BCUT2D eigenvalue weighted by Gasteiger charge is -2.07. The van der Waals surface area contributed by atoms with E-state index in [0.717, 1.165) is 11.0 Å². The minimum Gasteiger partial charge on any atom is -0.456 e. The Bertz CT molecular complexity index is 962. The lowest BCUT2D eigenvalue weighted by Crippen LogP contribution is -2.30. The normalized spacial score (nSPS) is 11.3. The molecule has 0 unspecified atom stereocenters. The van der Waals surface area contributed by atoms with Crippen molar-refractivity contribution in [1.82, 2.24) is 10.0 Å². The van der Waals surface area contributed by atoms with Crippen LogP contribution in [0.3, 0.4) is 0 Å². The molecule has 9 heteroatoms. The van der Waals surface area contributed by atoms with Gasteiger partial charge in [0.2, 0.25) is 10.0 Å². The van der Waals surface area contributed by atoms with Crippen molar-refractivity contribution in [3.8, 4) is 0 Å². The summed E-state index contributed by atoms with van der Waals surface area (Å²) in [7, 11) is -3.70. The number of carbonyl (C=O) groups excluding carboxylic acids is 2. The van der Waals surface area contributed by atoms with Crippen LogP contribution in [-0.2, 0) is 30.9 Å². The van der Waals surface area contributed by atoms with Gasteiger partial charge in [0.05, 0.1) is 6.42 Å². The highest BCUT2D eigenvalue weighted by molar-refractivity contribution is 7.92. The van der Waals surface area contributed by atoms with E-state index in [1.807, 2.05) is 6.07 Å². The van der Waals surface area contributed by atoms with Crippen LogP contribution in [0.25, 0.3) is 6.08 Å². The lowest BCUT2D eigenvalue weighted by atomic mass is 10.2. The van der Waals surface area contributed by atoms with Crippen molar-refractivity contribution in [2.75, 3.05) is 13.2 Å². The third kappa shape index (κ3) is 8.67. The number of amides is 1. The highest BCUT2D eigenvalue weighted by Gasteiger charge is 2.10. The molecule has 0 aliphatic rings. The minimum atomic E-state index is -3.70. The molecule has 2 aromatic carbocycles. The van der Waals surface area contributed by atoms with Crippen LogP contribution in [0.15, 0.2) is 60.0 Å². The van der Waals surface area contributed by atoms with Crippen molar-refractivity contribution in [1.29, 1.82) is 0 Å². The maximum Gasteiger partial charge on any atom is 0.307 e. The Morgan fingerprint density at radius 3 is 2.45 bits per heavy atom. The Hall–Kier alpha value is -3.04. The van der Waals surface area contributed by atoms with Gasteiger partial charge in [-0.1, -0.05) is 48.5 Å². The van der Waals surface area contributed by atoms with Crippen molar-refractivity contribution < 1.29 is 27.1 Å². The first-order valence-corrected chi connectivity index (χ1v) is 10.3. The number of ether oxygens (including phenoxy) is 1. The molecule has 0 bridgehead atoms. The minimum absolute atomic E-state index is 0.0311. The molecule has 0 fully saturated rings. The third-order valence-electron chi connectivity index (χ3n) is 3.67. The maximum absolute atomic E-state index is 13.4. The molecule has 0 atom stereocenters. The van der Waals surface area contributed by atoms with E-state index in [1.165, 1.54) is 24.3 Å². The summed E-state index contributed by atoms with van der Waals surface area (Å²) >= 11 is 0. The Labute approximate surface area is 168 Å². The molecular weight excluding hydrogens is 399 g/mol. The van der Waals surface area contributed by atoms with Crippen LogP contribution >= 0.6 is 0 Å². The maximum atomic E-state index is 13.4. The summed E-state index contributed by atoms with van der Waals surface area (Å²) < 4.78 is 44.2. The van der Waals surface area contributed by atoms with Crippen LogP contribution < -0.4 is 10.0 Å². The van der Waals surface area contributed by atoms with E-state index in [0.29, 0.717) is 5.56 Å². The molecule has 7 nitrogen and oxygen atoms in total. The largest absolute Gasteiger partial charge is 0.456 e. The number of benzene rings is 2. The number of hydrogen-bond donors (Lipinski definition) is 2. The van der Waals surface area contributed by atoms with E-state index >= 15 is 0 Å². The van der Waals surface area contributed by atoms with Gasteiger partial charge in [0.1, 0.15) is 5.82 Å². The standard InChI is InChI=1S/C20H21FN2O5S/c21-18-9-5-4-8-17(18)14-22-19(24)15-28-20(25)10-12-23-29(26,27)13-11-16-6-2-1-3-7-16/h1-9,11,13,23H,10,12,14-15H2,(H,22,24)/b13-11+. The van der Waals surface area contributed by atoms with Crippen LogP contribution in [0.5, 0.6) is 0 Å². The van der Waals surface area contributed by atoms with Crippen molar-refractivity contribution in [3.63, 3.8) is 0 Å². The number of hydrogen-bond acceptors (Lipinski definition) is 5. The van der Waals surface area contributed by atoms with Crippen molar-refractivity contribution in [2.45, 2.75) is 13.0 Å². The molecule has 0 heterocycles. The molecule has 0 saturated carbocycles. The number of rotatable bonds is 10. The Morgan fingerprint density at radius 2 is 1.72 bits per heavy atom. The van der Waals surface area contributed by atoms with Gasteiger partial charge in [-0.05, 0) is 17.7 Å². The van der Waals surface area contributed by atoms with Gasteiger partial charge in [0, 0.05) is 24.1 Å². The summed E-state index contributed by atoms with van der Waals surface area (Å²) in [6.07, 6.45) is 1.19. The fraction of sp³-hybridized carbons (Fsp3) is 0.200. The van der Waals surface area contributed by atoms with Gasteiger partial charge < -0.3 is 10.1 Å². The SMILES string of the molecule is O=C(COC(=O)CCNS(=O)(=O)/C=C/c1ccccc1)NCc1ccccc1F. The zero-order valence-corrected chi connectivity index (χ0v) is 16.3. The summed E-state index contributed by atoms with van der Waals surface area (Å²) in [5, 5.41) is 3.43. The zero-order valence-electron chi connectivity index (χ0n) is 15.5. The van der Waals surface area contributed by atoms with E-state index < -0.39 is 34.3 Å². The molecule has 0 radical (unpaired) electrons. The first-order chi connectivity index (χ1) is 13.9. The smallest absolute Gasteiger partial charge is 0.307 e. The van der Waals surface area contributed by atoms with E-state index in [4.69, 9.17) is 4.74 Å². The van der Waals surface area contributed by atoms with Crippen molar-refractivity contribution in [3.05, 3.63) is 76.9 Å². The molecule has 0 aliphatic carbocycles. The van der Waals surface area contributed by atoms with Crippen LogP contribution in [0.1, 0.15) is 17.5 Å². The Morgan fingerprint density at radius 1 is 1.03 bits per heavy atom. The van der Waals surface area contributed by atoms with Crippen LogP contribution in [0, 0.1) is 5.82 Å². The molecule has 0 spiro atoms. The highest BCUT2D eigenvalue weighted by Crippen LogP contribution is 2.05. The number of sulfonamides is 1. The molecule has 2 rings (SSSR count). The fourth-order valence-corrected chi connectivity index (χ4v) is 3.00. The summed E-state index contributed by atoms with van der Waals surface area (Å²) in [6.45, 7) is -0.734. The van der Waals surface area contributed by atoms with Gasteiger partial charge in [0.25, 0.3) is 5.91 Å². The van der Waals surface area contributed by atoms with E-state index in [-0.39, 0.29) is 19.5 Å². The van der Waals surface area contributed by atoms with E-state index in [9.17, 15) is 22.4 Å². The van der Waals surface area contributed by atoms with Crippen LogP contribution in [-0.4, -0.2) is 33.4 Å². The van der Waals surface area contributed by atoms with Gasteiger partial charge in [-0.3, -0.25) is 9.59 Å². The number of carbonyl (C=O) groups is 2. The number of halogens is 1. The van der Waals surface area contributed by atoms with Gasteiger partial charge >= 0.3 is 5.97 Å². The van der Waals surface area contributed by atoms with E-state index in [1.54, 1.807) is 30.3 Å². The first kappa shape index (κ1) is 22.3. The van der Waals surface area contributed by atoms with Crippen LogP contribution in [0.2, 0.25) is 0 Å². The number of esters is 1. The molecule has 29 heavy (non-hydrogen) atoms. The summed E-state index contributed by atoms with van der Waals surface area (Å²) in [5.74, 6) is -1.77. The first-order valence-electron chi connectivity index (χ1n) is 8.74. The summed E-state index contributed by atoms with van der Waals surface area (Å²) in [6, 6.07) is 14.9. The molecule has 0 aliphatic heterocycles. The van der Waals surface area contributed by atoms with Gasteiger partial charge in [-0.15, -0.1) is 0 Å².